The molecule has 1 aliphatic rings. The first-order valence-corrected chi connectivity index (χ1v) is 7.47. The summed E-state index contributed by atoms with van der Waals surface area (Å²) >= 11 is 5.40. The van der Waals surface area contributed by atoms with E-state index in [1.165, 1.54) is 25.0 Å². The smallest absolute Gasteiger partial charge is 0.222 e. The lowest BCUT2D eigenvalue weighted by Crippen LogP contribution is -2.17. The molecule has 0 spiro atoms. The van der Waals surface area contributed by atoms with E-state index in [-0.39, 0.29) is 0 Å². The zero-order chi connectivity index (χ0) is 11.4. The van der Waals surface area contributed by atoms with Gasteiger partial charge in [-0.3, -0.25) is 0 Å². The Morgan fingerprint density at radius 3 is 2.88 bits per heavy atom. The van der Waals surface area contributed by atoms with Gasteiger partial charge in [0.25, 0.3) is 0 Å². The van der Waals surface area contributed by atoms with E-state index < -0.39 is 0 Å². The average molecular weight is 302 g/mol. The number of nitrogens with one attached hydrogen (secondary N) is 1. The Morgan fingerprint density at radius 2 is 2.19 bits per heavy atom. The predicted octanol–water partition coefficient (Wildman–Crippen LogP) is 3.33. The van der Waals surface area contributed by atoms with Crippen molar-refractivity contribution < 1.29 is 0 Å². The molecule has 0 saturated heterocycles. The molecule has 0 aromatic carbocycles. The van der Waals surface area contributed by atoms with Crippen LogP contribution in [0, 0.1) is 0 Å². The monoisotopic (exact) mass is 301 g/mol. The molecule has 1 saturated carbocycles. The fourth-order valence-electron chi connectivity index (χ4n) is 2.03. The molecule has 1 N–H and O–H groups in total. The third kappa shape index (κ3) is 3.35. The number of hydrogen-bond donors (Lipinski definition) is 1. The summed E-state index contributed by atoms with van der Waals surface area (Å²) in [6.07, 6.45) is 7.34. The summed E-state index contributed by atoms with van der Waals surface area (Å²) in [5, 5.41) is 4.22. The van der Waals surface area contributed by atoms with E-state index >= 15 is 0 Å². The van der Waals surface area contributed by atoms with Crippen molar-refractivity contribution in [1.29, 1.82) is 0 Å². The largest absolute Gasteiger partial charge is 0.351 e. The van der Waals surface area contributed by atoms with Crippen molar-refractivity contribution >= 4 is 33.6 Å². The number of nitrogens with zero attached hydrogens (tertiary/aromatic N) is 2. The normalized spacial score (nSPS) is 24.6. The van der Waals surface area contributed by atoms with Crippen molar-refractivity contribution in [2.75, 3.05) is 11.1 Å². The number of aromatic nitrogens is 2. The molecule has 1 aromatic heterocycles. The highest BCUT2D eigenvalue weighted by atomic mass is 79.9. The van der Waals surface area contributed by atoms with Crippen LogP contribution >= 0.6 is 27.7 Å². The van der Waals surface area contributed by atoms with Crippen molar-refractivity contribution in [3.05, 3.63) is 16.9 Å². The maximum atomic E-state index is 4.24. The highest BCUT2D eigenvalue weighted by molar-refractivity contribution is 9.10. The summed E-state index contributed by atoms with van der Waals surface area (Å²) < 4.78 is 0.920. The Hall–Kier alpha value is -0.290. The molecule has 0 amide bonds. The topological polar surface area (TPSA) is 37.8 Å². The Bertz CT molecular complexity index is 331. The van der Waals surface area contributed by atoms with Gasteiger partial charge in [0.2, 0.25) is 5.95 Å². The summed E-state index contributed by atoms with van der Waals surface area (Å²) in [6, 6.07) is 0.547. The molecule has 1 fully saturated rings. The van der Waals surface area contributed by atoms with E-state index in [0.29, 0.717) is 6.04 Å². The van der Waals surface area contributed by atoms with Crippen LogP contribution in [0.1, 0.15) is 26.2 Å². The number of hydrogen-bond acceptors (Lipinski definition) is 4. The van der Waals surface area contributed by atoms with Gasteiger partial charge in [0.15, 0.2) is 0 Å². The summed E-state index contributed by atoms with van der Waals surface area (Å²) in [4.78, 5) is 8.47. The molecular formula is C11H16BrN3S. The van der Waals surface area contributed by atoms with Crippen LogP contribution in [0.3, 0.4) is 0 Å². The summed E-state index contributed by atoms with van der Waals surface area (Å²) in [6.45, 7) is 2.23. The number of anilines is 1. The summed E-state index contributed by atoms with van der Waals surface area (Å²) in [5.74, 6) is 1.96. The van der Waals surface area contributed by atoms with Crippen LogP contribution in [0.25, 0.3) is 0 Å². The standard InChI is InChI=1S/C11H16BrN3S/c1-2-16-10-4-3-9(5-10)15-11-13-6-8(12)7-14-11/h6-7,9-10H,2-5H2,1H3,(H,13,14,15). The molecule has 88 valence electrons. The van der Waals surface area contributed by atoms with E-state index in [0.717, 1.165) is 15.7 Å². The molecule has 1 heterocycles. The third-order valence-electron chi connectivity index (χ3n) is 2.74. The van der Waals surface area contributed by atoms with E-state index in [9.17, 15) is 0 Å². The highest BCUT2D eigenvalue weighted by Gasteiger charge is 2.24. The van der Waals surface area contributed by atoms with Crippen molar-refractivity contribution in [3.8, 4) is 0 Å². The van der Waals surface area contributed by atoms with Crippen LogP contribution in [0.4, 0.5) is 5.95 Å². The molecule has 2 rings (SSSR count). The molecular weight excluding hydrogens is 286 g/mol. The van der Waals surface area contributed by atoms with Crippen LogP contribution < -0.4 is 5.32 Å². The quantitative estimate of drug-likeness (QED) is 0.926. The van der Waals surface area contributed by atoms with Crippen molar-refractivity contribution in [1.82, 2.24) is 9.97 Å². The van der Waals surface area contributed by atoms with Crippen LogP contribution in [0.15, 0.2) is 16.9 Å². The second-order valence-electron chi connectivity index (χ2n) is 3.96. The second-order valence-corrected chi connectivity index (χ2v) is 6.45. The average Bonchev–Trinajstić information content (AvgIpc) is 2.70. The van der Waals surface area contributed by atoms with Gasteiger partial charge in [-0.1, -0.05) is 6.92 Å². The zero-order valence-electron chi connectivity index (χ0n) is 9.32. The molecule has 1 aliphatic carbocycles. The minimum absolute atomic E-state index is 0.547. The van der Waals surface area contributed by atoms with Gasteiger partial charge in [0.05, 0.1) is 4.47 Å². The van der Waals surface area contributed by atoms with Crippen molar-refractivity contribution in [2.24, 2.45) is 0 Å². The molecule has 3 nitrogen and oxygen atoms in total. The number of halogens is 1. The van der Waals surface area contributed by atoms with E-state index in [4.69, 9.17) is 0 Å². The molecule has 0 radical (unpaired) electrons. The van der Waals surface area contributed by atoms with Gasteiger partial charge in [-0.05, 0) is 40.9 Å². The first kappa shape index (κ1) is 12.2. The first-order valence-electron chi connectivity index (χ1n) is 5.63. The van der Waals surface area contributed by atoms with Gasteiger partial charge in [0, 0.05) is 23.7 Å². The van der Waals surface area contributed by atoms with Crippen LogP contribution in [-0.2, 0) is 0 Å². The third-order valence-corrected chi connectivity index (χ3v) is 4.38. The van der Waals surface area contributed by atoms with Crippen LogP contribution in [-0.4, -0.2) is 27.0 Å². The lowest BCUT2D eigenvalue weighted by Gasteiger charge is -2.12. The molecule has 2 atom stereocenters. The van der Waals surface area contributed by atoms with E-state index in [1.54, 1.807) is 12.4 Å². The first-order chi connectivity index (χ1) is 7.78. The van der Waals surface area contributed by atoms with Gasteiger partial charge in [-0.15, -0.1) is 0 Å². The molecule has 16 heavy (non-hydrogen) atoms. The predicted molar refractivity (Wildman–Crippen MR) is 72.9 cm³/mol. The second kappa shape index (κ2) is 5.87. The lowest BCUT2D eigenvalue weighted by molar-refractivity contribution is 0.745. The van der Waals surface area contributed by atoms with Crippen molar-refractivity contribution in [2.45, 2.75) is 37.5 Å². The minimum atomic E-state index is 0.547. The minimum Gasteiger partial charge on any atom is -0.351 e. The maximum Gasteiger partial charge on any atom is 0.222 e. The SMILES string of the molecule is CCSC1CCC(Nc2ncc(Br)cn2)C1. The van der Waals surface area contributed by atoms with Gasteiger partial charge < -0.3 is 5.32 Å². The molecule has 2 unspecified atom stereocenters. The van der Waals surface area contributed by atoms with E-state index in [2.05, 4.69) is 49.9 Å². The Kier molecular flexibility index (Phi) is 4.46. The molecule has 0 bridgehead atoms. The maximum absolute atomic E-state index is 4.24. The highest BCUT2D eigenvalue weighted by Crippen LogP contribution is 2.30. The number of thioether (sulfide) groups is 1. The van der Waals surface area contributed by atoms with Gasteiger partial charge >= 0.3 is 0 Å². The fourth-order valence-corrected chi connectivity index (χ4v) is 3.37. The lowest BCUT2D eigenvalue weighted by atomic mass is 10.2. The number of rotatable bonds is 4. The molecule has 1 aromatic rings. The van der Waals surface area contributed by atoms with Gasteiger partial charge in [-0.2, -0.15) is 11.8 Å². The van der Waals surface area contributed by atoms with Crippen molar-refractivity contribution in [3.63, 3.8) is 0 Å². The zero-order valence-corrected chi connectivity index (χ0v) is 11.7. The Morgan fingerprint density at radius 1 is 1.44 bits per heavy atom. The Labute approximate surface area is 109 Å². The van der Waals surface area contributed by atoms with E-state index in [1.807, 2.05) is 0 Å². The Balaban J connectivity index is 1.84. The van der Waals surface area contributed by atoms with Gasteiger partial charge in [-0.25, -0.2) is 9.97 Å². The molecule has 5 heteroatoms. The van der Waals surface area contributed by atoms with Gasteiger partial charge in [0.1, 0.15) is 0 Å². The summed E-state index contributed by atoms with van der Waals surface area (Å²) in [5.41, 5.74) is 0. The fraction of sp³-hybridized carbons (Fsp3) is 0.636. The van der Waals surface area contributed by atoms with Crippen LogP contribution in [0.2, 0.25) is 0 Å². The summed E-state index contributed by atoms with van der Waals surface area (Å²) in [7, 11) is 0. The van der Waals surface area contributed by atoms with Crippen LogP contribution in [0.5, 0.6) is 0 Å². The molecule has 0 aliphatic heterocycles.